The van der Waals surface area contributed by atoms with E-state index in [0.29, 0.717) is 16.3 Å². The van der Waals surface area contributed by atoms with E-state index < -0.39 is 0 Å². The van der Waals surface area contributed by atoms with Gasteiger partial charge in [0.1, 0.15) is 10.7 Å². The summed E-state index contributed by atoms with van der Waals surface area (Å²) >= 11 is 18.2. The van der Waals surface area contributed by atoms with Crippen LogP contribution in [0.4, 0.5) is 11.4 Å². The molecule has 0 amide bonds. The minimum Gasteiger partial charge on any atom is -0.495 e. The van der Waals surface area contributed by atoms with Crippen molar-refractivity contribution in [2.24, 2.45) is 5.73 Å². The summed E-state index contributed by atoms with van der Waals surface area (Å²) in [6.45, 7) is 0. The lowest BCUT2D eigenvalue weighted by Crippen LogP contribution is -2.12. The minimum absolute atomic E-state index is 0.239. The summed E-state index contributed by atoms with van der Waals surface area (Å²) in [5, 5.41) is 3.77. The predicted octanol–water partition coefficient (Wildman–Crippen LogP) is 5.25. The molecule has 7 heteroatoms. The standard InChI is InChI=1S/C14H11Br2ClN2OS/c1-20-12-6-11(7(15)5-8(12)16)19-10-4-2-3-9(17)13(10)14(18)21/h2-6,19H,1H3,(H2,18,21). The first kappa shape index (κ1) is 16.5. The van der Waals surface area contributed by atoms with Crippen molar-refractivity contribution >= 4 is 72.0 Å². The van der Waals surface area contributed by atoms with Crippen LogP contribution < -0.4 is 15.8 Å². The quantitative estimate of drug-likeness (QED) is 0.625. The summed E-state index contributed by atoms with van der Waals surface area (Å²) in [6.07, 6.45) is 0. The molecular weight excluding hydrogens is 439 g/mol. The van der Waals surface area contributed by atoms with Crippen molar-refractivity contribution in [2.45, 2.75) is 0 Å². The molecule has 2 rings (SSSR count). The van der Waals surface area contributed by atoms with Crippen LogP contribution in [-0.4, -0.2) is 12.1 Å². The van der Waals surface area contributed by atoms with Gasteiger partial charge in [-0.3, -0.25) is 0 Å². The second kappa shape index (κ2) is 6.96. The Kier molecular flexibility index (Phi) is 5.48. The Morgan fingerprint density at radius 1 is 1.24 bits per heavy atom. The average Bonchev–Trinajstić information content (AvgIpc) is 2.41. The number of rotatable bonds is 4. The topological polar surface area (TPSA) is 47.3 Å². The molecular formula is C14H11Br2ClN2OS. The maximum atomic E-state index is 6.16. The zero-order valence-corrected chi connectivity index (χ0v) is 15.7. The molecule has 0 spiro atoms. The van der Waals surface area contributed by atoms with Gasteiger partial charge in [0, 0.05) is 10.5 Å². The van der Waals surface area contributed by atoms with Gasteiger partial charge in [0.15, 0.2) is 0 Å². The normalized spacial score (nSPS) is 10.3. The molecule has 0 heterocycles. The molecule has 0 aliphatic rings. The molecule has 0 atom stereocenters. The van der Waals surface area contributed by atoms with Crippen molar-refractivity contribution in [3.8, 4) is 5.75 Å². The van der Waals surface area contributed by atoms with Gasteiger partial charge in [0.2, 0.25) is 0 Å². The van der Waals surface area contributed by atoms with Crippen molar-refractivity contribution in [1.82, 2.24) is 0 Å². The molecule has 0 bridgehead atoms. The van der Waals surface area contributed by atoms with E-state index in [4.69, 9.17) is 34.3 Å². The van der Waals surface area contributed by atoms with Crippen molar-refractivity contribution in [3.05, 3.63) is 49.9 Å². The average molecular weight is 451 g/mol. The van der Waals surface area contributed by atoms with Crippen LogP contribution in [0.2, 0.25) is 5.02 Å². The highest BCUT2D eigenvalue weighted by Gasteiger charge is 2.13. The van der Waals surface area contributed by atoms with E-state index in [0.717, 1.165) is 20.3 Å². The molecule has 0 aromatic heterocycles. The fourth-order valence-electron chi connectivity index (χ4n) is 1.81. The number of nitrogens with two attached hydrogens (primary N) is 1. The molecule has 0 aliphatic heterocycles. The number of thiocarbonyl (C=S) groups is 1. The van der Waals surface area contributed by atoms with E-state index in [1.165, 1.54) is 0 Å². The fourth-order valence-corrected chi connectivity index (χ4v) is 3.61. The van der Waals surface area contributed by atoms with E-state index >= 15 is 0 Å². The molecule has 0 unspecified atom stereocenters. The van der Waals surface area contributed by atoms with Gasteiger partial charge in [-0.1, -0.05) is 29.9 Å². The number of benzene rings is 2. The maximum absolute atomic E-state index is 6.16. The Labute approximate surface area is 150 Å². The van der Waals surface area contributed by atoms with Crippen LogP contribution in [0.1, 0.15) is 5.56 Å². The Bertz CT molecular complexity index is 710. The van der Waals surface area contributed by atoms with Crippen LogP contribution in [0.15, 0.2) is 39.3 Å². The molecule has 110 valence electrons. The third kappa shape index (κ3) is 3.69. The summed E-state index contributed by atoms with van der Waals surface area (Å²) in [4.78, 5) is 0.239. The summed E-state index contributed by atoms with van der Waals surface area (Å²) in [5.41, 5.74) is 7.92. The van der Waals surface area contributed by atoms with Gasteiger partial charge < -0.3 is 15.8 Å². The third-order valence-electron chi connectivity index (χ3n) is 2.77. The summed E-state index contributed by atoms with van der Waals surface area (Å²) in [6, 6.07) is 9.20. The molecule has 0 saturated heterocycles. The summed E-state index contributed by atoms with van der Waals surface area (Å²) < 4.78 is 7.01. The van der Waals surface area contributed by atoms with Gasteiger partial charge in [-0.25, -0.2) is 0 Å². The molecule has 3 nitrogen and oxygen atoms in total. The highest BCUT2D eigenvalue weighted by molar-refractivity contribution is 9.11. The second-order valence-electron chi connectivity index (χ2n) is 4.12. The molecule has 0 aliphatic carbocycles. The van der Waals surface area contributed by atoms with E-state index in [2.05, 4.69) is 37.2 Å². The largest absolute Gasteiger partial charge is 0.495 e. The van der Waals surface area contributed by atoms with Crippen molar-refractivity contribution in [1.29, 1.82) is 0 Å². The third-order valence-corrected chi connectivity index (χ3v) is 4.57. The number of hydrogen-bond acceptors (Lipinski definition) is 3. The number of methoxy groups -OCH3 is 1. The van der Waals surface area contributed by atoms with Gasteiger partial charge in [0.25, 0.3) is 0 Å². The molecule has 0 saturated carbocycles. The SMILES string of the molecule is COc1cc(Nc2cccc(Cl)c2C(N)=S)c(Br)cc1Br. The lowest BCUT2D eigenvalue weighted by molar-refractivity contribution is 0.412. The number of hydrogen-bond donors (Lipinski definition) is 2. The zero-order chi connectivity index (χ0) is 15.6. The van der Waals surface area contributed by atoms with Crippen molar-refractivity contribution in [3.63, 3.8) is 0 Å². The summed E-state index contributed by atoms with van der Waals surface area (Å²) in [5.74, 6) is 0.708. The van der Waals surface area contributed by atoms with Crippen molar-refractivity contribution in [2.75, 3.05) is 12.4 Å². The van der Waals surface area contributed by atoms with E-state index in [1.54, 1.807) is 13.2 Å². The maximum Gasteiger partial charge on any atom is 0.135 e. The second-order valence-corrected chi connectivity index (χ2v) is 6.67. The molecule has 21 heavy (non-hydrogen) atoms. The van der Waals surface area contributed by atoms with Crippen LogP contribution in [0.3, 0.4) is 0 Å². The lowest BCUT2D eigenvalue weighted by atomic mass is 10.1. The molecule has 3 N–H and O–H groups in total. The van der Waals surface area contributed by atoms with Crippen LogP contribution in [0.25, 0.3) is 0 Å². The van der Waals surface area contributed by atoms with Gasteiger partial charge in [-0.2, -0.15) is 0 Å². The van der Waals surface area contributed by atoms with Crippen LogP contribution in [0, 0.1) is 0 Å². The Morgan fingerprint density at radius 3 is 2.57 bits per heavy atom. The Morgan fingerprint density at radius 2 is 1.95 bits per heavy atom. The van der Waals surface area contributed by atoms with Crippen molar-refractivity contribution < 1.29 is 4.74 Å². The van der Waals surface area contributed by atoms with E-state index in [1.807, 2.05) is 24.3 Å². The smallest absolute Gasteiger partial charge is 0.135 e. The predicted molar refractivity (Wildman–Crippen MR) is 99.0 cm³/mol. The first-order valence-corrected chi connectivity index (χ1v) is 8.19. The Balaban J connectivity index is 2.48. The van der Waals surface area contributed by atoms with Crippen LogP contribution in [0.5, 0.6) is 5.75 Å². The number of halogens is 3. The minimum atomic E-state index is 0.239. The van der Waals surface area contributed by atoms with Gasteiger partial charge in [0.05, 0.1) is 33.5 Å². The molecule has 2 aromatic carbocycles. The van der Waals surface area contributed by atoms with E-state index in [-0.39, 0.29) is 4.99 Å². The summed E-state index contributed by atoms with van der Waals surface area (Å²) in [7, 11) is 1.61. The van der Waals surface area contributed by atoms with Crippen LogP contribution in [-0.2, 0) is 0 Å². The zero-order valence-electron chi connectivity index (χ0n) is 10.9. The van der Waals surface area contributed by atoms with Crippen LogP contribution >= 0.6 is 55.7 Å². The first-order valence-electron chi connectivity index (χ1n) is 5.82. The van der Waals surface area contributed by atoms with Gasteiger partial charge in [-0.05, 0) is 50.1 Å². The number of anilines is 2. The highest BCUT2D eigenvalue weighted by atomic mass is 79.9. The molecule has 0 radical (unpaired) electrons. The van der Waals surface area contributed by atoms with Gasteiger partial charge in [-0.15, -0.1) is 0 Å². The monoisotopic (exact) mass is 448 g/mol. The van der Waals surface area contributed by atoms with E-state index in [9.17, 15) is 0 Å². The fraction of sp³-hybridized carbons (Fsp3) is 0.0714. The molecule has 0 fully saturated rings. The highest BCUT2D eigenvalue weighted by Crippen LogP contribution is 2.37. The molecule has 2 aromatic rings. The van der Waals surface area contributed by atoms with Gasteiger partial charge >= 0.3 is 0 Å². The lowest BCUT2D eigenvalue weighted by Gasteiger charge is -2.15. The number of nitrogens with one attached hydrogen (secondary N) is 1. The number of ether oxygens (including phenoxy) is 1. The Hall–Kier alpha value is -0.820. The first-order chi connectivity index (χ1) is 9.93.